The fourth-order valence-electron chi connectivity index (χ4n) is 2.60. The number of carboxylic acid groups (broad SMARTS) is 1. The molecule has 0 amide bonds. The van der Waals surface area contributed by atoms with Crippen molar-refractivity contribution in [3.05, 3.63) is 23.8 Å². The van der Waals surface area contributed by atoms with Crippen LogP contribution in [-0.4, -0.2) is 28.6 Å². The van der Waals surface area contributed by atoms with Crippen molar-refractivity contribution < 1.29 is 9.90 Å². The number of thioether (sulfide) groups is 1. The largest absolute Gasteiger partial charge is 0.478 e. The molecule has 104 valence electrons. The molecule has 0 saturated heterocycles. The first-order valence-corrected chi connectivity index (χ1v) is 7.71. The molecule has 0 unspecified atom stereocenters. The molecule has 0 radical (unpaired) electrons. The molecule has 1 aliphatic rings. The van der Waals surface area contributed by atoms with Crippen LogP contribution in [0.2, 0.25) is 0 Å². The number of rotatable bonds is 5. The van der Waals surface area contributed by atoms with Gasteiger partial charge < -0.3 is 16.2 Å². The fraction of sp³-hybridized carbons (Fsp3) is 0.500. The first-order valence-electron chi connectivity index (χ1n) is 6.48. The molecule has 0 aromatic heterocycles. The number of carboxylic acids is 1. The lowest BCUT2D eigenvalue weighted by atomic mass is 10.1. The molecule has 5 heteroatoms. The lowest BCUT2D eigenvalue weighted by molar-refractivity contribution is 0.0698. The van der Waals surface area contributed by atoms with Gasteiger partial charge in [-0.05, 0) is 37.3 Å². The standard InChI is InChI=1S/C14H20N2O2S/c1-19-14(6-2-3-7-14)9-16-10-4-5-11(13(17)18)12(15)8-10/h4-5,8,16H,2-3,6-7,9,15H2,1H3,(H,17,18). The third kappa shape index (κ3) is 3.15. The summed E-state index contributed by atoms with van der Waals surface area (Å²) in [6, 6.07) is 5.04. The molecule has 0 spiro atoms. The number of hydrogen-bond acceptors (Lipinski definition) is 4. The summed E-state index contributed by atoms with van der Waals surface area (Å²) in [5, 5.41) is 12.3. The zero-order valence-electron chi connectivity index (χ0n) is 11.1. The average molecular weight is 280 g/mol. The minimum atomic E-state index is -0.986. The summed E-state index contributed by atoms with van der Waals surface area (Å²) < 4.78 is 0.320. The van der Waals surface area contributed by atoms with E-state index in [2.05, 4.69) is 11.6 Å². The third-order valence-electron chi connectivity index (χ3n) is 3.84. The van der Waals surface area contributed by atoms with Gasteiger partial charge in [0.1, 0.15) is 0 Å². The molecule has 4 N–H and O–H groups in total. The Labute approximate surface area is 117 Å². The third-order valence-corrected chi connectivity index (χ3v) is 5.26. The predicted octanol–water partition coefficient (Wildman–Crippen LogP) is 3.05. The lowest BCUT2D eigenvalue weighted by Gasteiger charge is -2.27. The Bertz CT molecular complexity index is 471. The molecule has 1 aromatic carbocycles. The molecule has 1 aromatic rings. The summed E-state index contributed by atoms with van der Waals surface area (Å²) in [6.45, 7) is 0.903. The van der Waals surface area contributed by atoms with E-state index in [0.717, 1.165) is 12.2 Å². The Morgan fingerprint density at radius 2 is 2.16 bits per heavy atom. The topological polar surface area (TPSA) is 75.3 Å². The van der Waals surface area contributed by atoms with Gasteiger partial charge in [-0.25, -0.2) is 4.79 Å². The monoisotopic (exact) mass is 280 g/mol. The maximum absolute atomic E-state index is 10.9. The van der Waals surface area contributed by atoms with Crippen molar-refractivity contribution in [1.82, 2.24) is 0 Å². The van der Waals surface area contributed by atoms with Crippen LogP contribution in [0.15, 0.2) is 18.2 Å². The van der Waals surface area contributed by atoms with Crippen molar-refractivity contribution in [2.75, 3.05) is 23.9 Å². The molecular weight excluding hydrogens is 260 g/mol. The van der Waals surface area contributed by atoms with Crippen molar-refractivity contribution in [3.63, 3.8) is 0 Å². The molecule has 2 rings (SSSR count). The molecule has 0 bridgehead atoms. The number of benzene rings is 1. The SMILES string of the molecule is CSC1(CNc2ccc(C(=O)O)c(N)c2)CCCC1. The highest BCUT2D eigenvalue weighted by atomic mass is 32.2. The second-order valence-corrected chi connectivity index (χ2v) is 6.33. The maximum atomic E-state index is 10.9. The molecule has 4 nitrogen and oxygen atoms in total. The first kappa shape index (κ1) is 14.1. The number of carbonyl (C=O) groups is 1. The van der Waals surface area contributed by atoms with Gasteiger partial charge in [0.15, 0.2) is 0 Å². The number of aromatic carboxylic acids is 1. The van der Waals surface area contributed by atoms with Crippen LogP contribution < -0.4 is 11.1 Å². The van der Waals surface area contributed by atoms with E-state index in [4.69, 9.17) is 10.8 Å². The number of nitrogens with two attached hydrogens (primary N) is 1. The Kier molecular flexibility index (Phi) is 4.24. The van der Waals surface area contributed by atoms with Crippen molar-refractivity contribution in [2.45, 2.75) is 30.4 Å². The summed E-state index contributed by atoms with van der Waals surface area (Å²) in [6.07, 6.45) is 7.23. The van der Waals surface area contributed by atoms with Crippen LogP contribution in [0.4, 0.5) is 11.4 Å². The van der Waals surface area contributed by atoms with E-state index in [9.17, 15) is 4.79 Å². The van der Waals surface area contributed by atoms with Crippen LogP contribution >= 0.6 is 11.8 Å². The minimum absolute atomic E-state index is 0.158. The summed E-state index contributed by atoms with van der Waals surface area (Å²) in [7, 11) is 0. The summed E-state index contributed by atoms with van der Waals surface area (Å²) in [5.41, 5.74) is 7.10. The predicted molar refractivity (Wildman–Crippen MR) is 81.0 cm³/mol. The number of hydrogen-bond donors (Lipinski definition) is 3. The molecule has 1 saturated carbocycles. The lowest BCUT2D eigenvalue weighted by Crippen LogP contribution is -2.30. The van der Waals surface area contributed by atoms with Gasteiger partial charge in [-0.15, -0.1) is 0 Å². The number of nitrogen functional groups attached to an aromatic ring is 1. The Morgan fingerprint density at radius 3 is 2.68 bits per heavy atom. The van der Waals surface area contributed by atoms with Crippen molar-refractivity contribution in [2.24, 2.45) is 0 Å². The molecule has 1 fully saturated rings. The van der Waals surface area contributed by atoms with Crippen molar-refractivity contribution in [1.29, 1.82) is 0 Å². The molecule has 19 heavy (non-hydrogen) atoms. The maximum Gasteiger partial charge on any atom is 0.337 e. The minimum Gasteiger partial charge on any atom is -0.478 e. The van der Waals surface area contributed by atoms with E-state index >= 15 is 0 Å². The second kappa shape index (κ2) is 5.74. The van der Waals surface area contributed by atoms with Crippen LogP contribution in [0.5, 0.6) is 0 Å². The highest BCUT2D eigenvalue weighted by Gasteiger charge is 2.32. The van der Waals surface area contributed by atoms with Gasteiger partial charge in [0.2, 0.25) is 0 Å². The van der Waals surface area contributed by atoms with Crippen molar-refractivity contribution >= 4 is 29.1 Å². The first-order chi connectivity index (χ1) is 9.06. The van der Waals surface area contributed by atoms with E-state index in [1.54, 1.807) is 18.2 Å². The zero-order chi connectivity index (χ0) is 13.9. The zero-order valence-corrected chi connectivity index (χ0v) is 11.9. The van der Waals surface area contributed by atoms with Crippen molar-refractivity contribution in [3.8, 4) is 0 Å². The normalized spacial score (nSPS) is 17.3. The molecule has 0 atom stereocenters. The summed E-state index contributed by atoms with van der Waals surface area (Å²) >= 11 is 1.92. The number of anilines is 2. The van der Waals surface area contributed by atoms with E-state index in [0.29, 0.717) is 10.4 Å². The van der Waals surface area contributed by atoms with Gasteiger partial charge in [0.25, 0.3) is 0 Å². The van der Waals surface area contributed by atoms with Crippen LogP contribution in [0.1, 0.15) is 36.0 Å². The van der Waals surface area contributed by atoms with E-state index in [-0.39, 0.29) is 5.56 Å². The van der Waals surface area contributed by atoms with Gasteiger partial charge in [0.05, 0.1) is 5.56 Å². The van der Waals surface area contributed by atoms with E-state index in [1.807, 2.05) is 11.8 Å². The molecule has 0 aliphatic heterocycles. The molecular formula is C14H20N2O2S. The number of nitrogens with one attached hydrogen (secondary N) is 1. The van der Waals surface area contributed by atoms with Gasteiger partial charge in [-0.3, -0.25) is 0 Å². The van der Waals surface area contributed by atoms with Gasteiger partial charge >= 0.3 is 5.97 Å². The second-order valence-electron chi connectivity index (χ2n) is 5.05. The van der Waals surface area contributed by atoms with Gasteiger partial charge in [0, 0.05) is 22.7 Å². The van der Waals surface area contributed by atoms with Crippen LogP contribution in [0, 0.1) is 0 Å². The highest BCUT2D eigenvalue weighted by Crippen LogP contribution is 2.40. The average Bonchev–Trinajstić information content (AvgIpc) is 2.85. The Morgan fingerprint density at radius 1 is 1.47 bits per heavy atom. The van der Waals surface area contributed by atoms with Crippen LogP contribution in [-0.2, 0) is 0 Å². The quantitative estimate of drug-likeness (QED) is 0.723. The Hall–Kier alpha value is -1.36. The van der Waals surface area contributed by atoms with E-state index < -0.39 is 5.97 Å². The Balaban J connectivity index is 2.03. The van der Waals surface area contributed by atoms with Crippen LogP contribution in [0.25, 0.3) is 0 Å². The van der Waals surface area contributed by atoms with Gasteiger partial charge in [-0.1, -0.05) is 12.8 Å². The summed E-state index contributed by atoms with van der Waals surface area (Å²) in [5.74, 6) is -0.986. The fourth-order valence-corrected chi connectivity index (χ4v) is 3.52. The smallest absolute Gasteiger partial charge is 0.337 e. The van der Waals surface area contributed by atoms with Crippen LogP contribution in [0.3, 0.4) is 0 Å². The van der Waals surface area contributed by atoms with Gasteiger partial charge in [-0.2, -0.15) is 11.8 Å². The highest BCUT2D eigenvalue weighted by molar-refractivity contribution is 8.00. The molecule has 0 heterocycles. The molecule has 1 aliphatic carbocycles. The summed E-state index contributed by atoms with van der Waals surface area (Å²) in [4.78, 5) is 10.9. The van der Waals surface area contributed by atoms with E-state index in [1.165, 1.54) is 25.7 Å².